The van der Waals surface area contributed by atoms with Crippen molar-refractivity contribution < 1.29 is 32.7 Å². The zero-order chi connectivity index (χ0) is 46.0. The van der Waals surface area contributed by atoms with E-state index in [4.69, 9.17) is 19.4 Å². The number of ether oxygens (including phenoxy) is 2. The van der Waals surface area contributed by atoms with Crippen molar-refractivity contribution in [2.24, 2.45) is 5.92 Å². The van der Waals surface area contributed by atoms with Crippen LogP contribution in [-0.2, 0) is 26.3 Å². The van der Waals surface area contributed by atoms with Crippen LogP contribution in [0.5, 0.6) is 0 Å². The van der Waals surface area contributed by atoms with Crippen molar-refractivity contribution >= 4 is 33.8 Å². The predicted molar refractivity (Wildman–Crippen MR) is 242 cm³/mol. The van der Waals surface area contributed by atoms with Gasteiger partial charge >= 0.3 is 11.8 Å². The number of halogens is 2. The van der Waals surface area contributed by atoms with Crippen molar-refractivity contribution in [3.05, 3.63) is 123 Å². The van der Waals surface area contributed by atoms with E-state index in [0.29, 0.717) is 84.2 Å². The second kappa shape index (κ2) is 15.5. The van der Waals surface area contributed by atoms with Crippen LogP contribution in [0.3, 0.4) is 0 Å². The topological polar surface area (TPSA) is 157 Å². The molecule has 12 rings (SSSR count). The summed E-state index contributed by atoms with van der Waals surface area (Å²) in [5, 5.41) is 14.1. The van der Waals surface area contributed by atoms with Crippen LogP contribution in [0.4, 0.5) is 13.6 Å². The van der Waals surface area contributed by atoms with E-state index in [1.807, 2.05) is 42.8 Å². The maximum absolute atomic E-state index is 16.9. The molecule has 4 aromatic heterocycles. The van der Waals surface area contributed by atoms with E-state index in [2.05, 4.69) is 15.9 Å². The van der Waals surface area contributed by atoms with Gasteiger partial charge in [-0.05, 0) is 124 Å². The number of amides is 2. The van der Waals surface area contributed by atoms with Gasteiger partial charge in [-0.3, -0.25) is 23.9 Å². The average molecular weight is 913 g/mol. The molecule has 1 unspecified atom stereocenters. The first-order valence-corrected chi connectivity index (χ1v) is 23.1. The minimum absolute atomic E-state index is 0.0729. The first-order valence-electron chi connectivity index (χ1n) is 23.1. The number of carbonyl (C=O) groups is 2. The van der Waals surface area contributed by atoms with Crippen molar-refractivity contribution in [1.29, 1.82) is 0 Å². The maximum Gasteiger partial charge on any atom is 0.427 e. The second-order valence-corrected chi connectivity index (χ2v) is 19.0. The van der Waals surface area contributed by atoms with Gasteiger partial charge in [0, 0.05) is 61.5 Å². The van der Waals surface area contributed by atoms with E-state index in [1.165, 1.54) is 4.57 Å². The summed E-state index contributed by atoms with van der Waals surface area (Å²) in [6.07, 6.45) is 7.08. The number of nitrogens with one attached hydrogen (secondary N) is 2. The van der Waals surface area contributed by atoms with Crippen molar-refractivity contribution in [2.45, 2.75) is 89.5 Å². The molecule has 0 spiro atoms. The van der Waals surface area contributed by atoms with Gasteiger partial charge in [-0.15, -0.1) is 5.48 Å². The van der Waals surface area contributed by atoms with Gasteiger partial charge in [0.2, 0.25) is 0 Å². The maximum atomic E-state index is 16.9. The number of aromatic nitrogens is 7. The molecular formula is C49H50F2N10O6. The number of hydroxylamine groups is 1. The van der Waals surface area contributed by atoms with Gasteiger partial charge in [0.15, 0.2) is 0 Å². The molecular weight excluding hydrogens is 863 g/mol. The summed E-state index contributed by atoms with van der Waals surface area (Å²) < 4.78 is 51.8. The smallest absolute Gasteiger partial charge is 0.381 e. The first-order chi connectivity index (χ1) is 32.4. The molecule has 7 aromatic rings. The number of nitrogens with zero attached hydrogens (tertiary/aromatic N) is 8. The van der Waals surface area contributed by atoms with Crippen LogP contribution in [0, 0.1) is 31.4 Å². The zero-order valence-electron chi connectivity index (χ0n) is 37.6. The van der Waals surface area contributed by atoms with Gasteiger partial charge in [0.05, 0.1) is 58.5 Å². The van der Waals surface area contributed by atoms with Crippen LogP contribution in [0.15, 0.2) is 71.9 Å². The number of aryl methyl sites for hydroxylation is 2. The van der Waals surface area contributed by atoms with E-state index in [0.717, 1.165) is 35.7 Å². The lowest BCUT2D eigenvalue weighted by molar-refractivity contribution is 0.0653. The fourth-order valence-corrected chi connectivity index (χ4v) is 11.4. The Morgan fingerprint density at radius 1 is 0.896 bits per heavy atom. The Balaban J connectivity index is 0.982. The molecule has 0 bridgehead atoms. The molecule has 0 radical (unpaired) electrons. The highest BCUT2D eigenvalue weighted by atomic mass is 19.1. The normalized spacial score (nSPS) is 24.1. The van der Waals surface area contributed by atoms with Gasteiger partial charge in [-0.1, -0.05) is 6.92 Å². The summed E-state index contributed by atoms with van der Waals surface area (Å²) in [7, 11) is 0. The van der Waals surface area contributed by atoms with E-state index in [9.17, 15) is 9.59 Å². The minimum Gasteiger partial charge on any atom is -0.381 e. The Bertz CT molecular complexity index is 3220. The monoisotopic (exact) mass is 912 g/mol. The van der Waals surface area contributed by atoms with Crippen molar-refractivity contribution in [3.63, 3.8) is 0 Å². The molecule has 8 heterocycles. The molecule has 4 fully saturated rings. The summed E-state index contributed by atoms with van der Waals surface area (Å²) in [5.41, 5.74) is 7.22. The lowest BCUT2D eigenvalue weighted by Crippen LogP contribution is -2.49. The summed E-state index contributed by atoms with van der Waals surface area (Å²) in [5.74, 6) is -0.682. The lowest BCUT2D eigenvalue weighted by Gasteiger charge is -2.35. The highest BCUT2D eigenvalue weighted by molar-refractivity contribution is 6.00. The number of benzene rings is 3. The largest absolute Gasteiger partial charge is 0.427 e. The minimum atomic E-state index is -0.929. The predicted octanol–water partition coefficient (Wildman–Crippen LogP) is 6.93. The third-order valence-corrected chi connectivity index (χ3v) is 15.0. The summed E-state index contributed by atoms with van der Waals surface area (Å²) in [6.45, 7) is 10.0. The van der Waals surface area contributed by atoms with Gasteiger partial charge in [-0.2, -0.15) is 10.2 Å². The summed E-state index contributed by atoms with van der Waals surface area (Å²) >= 11 is 0. The van der Waals surface area contributed by atoms with Crippen molar-refractivity contribution in [3.8, 4) is 17.2 Å². The highest BCUT2D eigenvalue weighted by Gasteiger charge is 2.62. The Kier molecular flexibility index (Phi) is 9.64. The molecule has 1 aliphatic carbocycles. The van der Waals surface area contributed by atoms with Crippen LogP contribution in [-0.4, -0.2) is 89.3 Å². The molecule has 67 heavy (non-hydrogen) atoms. The van der Waals surface area contributed by atoms with Crippen LogP contribution >= 0.6 is 0 Å². The fourth-order valence-electron chi connectivity index (χ4n) is 11.4. The number of fused-ring (bicyclic) bond motifs is 3. The van der Waals surface area contributed by atoms with E-state index in [1.54, 1.807) is 75.4 Å². The van der Waals surface area contributed by atoms with E-state index < -0.39 is 29.7 Å². The van der Waals surface area contributed by atoms with Gasteiger partial charge in [0.1, 0.15) is 29.3 Å². The van der Waals surface area contributed by atoms with Crippen LogP contribution in [0.25, 0.3) is 39.0 Å². The number of hydrogen-bond acceptors (Lipinski definition) is 9. The Hall–Kier alpha value is -6.63. The molecule has 18 heteroatoms. The molecule has 3 aromatic carbocycles. The molecule has 346 valence electrons. The Labute approximate surface area is 382 Å². The summed E-state index contributed by atoms with van der Waals surface area (Å²) in [6, 6.07) is 14.0. The Morgan fingerprint density at radius 2 is 1.66 bits per heavy atom. The van der Waals surface area contributed by atoms with Crippen LogP contribution in [0.2, 0.25) is 0 Å². The van der Waals surface area contributed by atoms with Crippen molar-refractivity contribution in [1.82, 2.24) is 49.0 Å². The number of rotatable bonds is 8. The first kappa shape index (κ1) is 41.8. The molecule has 2 N–H and O–H groups in total. The Morgan fingerprint density at radius 3 is 2.37 bits per heavy atom. The van der Waals surface area contributed by atoms with Gasteiger partial charge in [-0.25, -0.2) is 23.1 Å². The second-order valence-electron chi connectivity index (χ2n) is 19.0. The number of hydrogen-bond donors (Lipinski definition) is 2. The SMILES string of the molecule is Cc1cc(-n2nc3c(c2-n2ccn(-c4ccc5c(cnn5[C@@H]5CCOC5)c4)c2=O)[C@H](C)N(C(=O)c2cc4cc(C5CCOCC5)cc(F)c4n2[C@@]2(C4NOC(=O)N4)C[C@@H]2C)CC3)cc(C)c1F. The van der Waals surface area contributed by atoms with Gasteiger partial charge in [0.25, 0.3) is 5.91 Å². The molecule has 5 atom stereocenters. The fraction of sp³-hybridized carbons (Fsp3) is 0.408. The van der Waals surface area contributed by atoms with E-state index in [-0.39, 0.29) is 53.0 Å². The van der Waals surface area contributed by atoms with Gasteiger partial charge < -0.3 is 23.8 Å². The average Bonchev–Trinajstić information content (AvgIpc) is 4.10. The zero-order valence-corrected chi connectivity index (χ0v) is 37.6. The molecule has 16 nitrogen and oxygen atoms in total. The quantitative estimate of drug-likeness (QED) is 0.165. The number of carbonyl (C=O) groups excluding carboxylic acids is 2. The third-order valence-electron chi connectivity index (χ3n) is 15.0. The summed E-state index contributed by atoms with van der Waals surface area (Å²) in [4.78, 5) is 49.8. The molecule has 4 aliphatic heterocycles. The standard InChI is InChI=1S/C49H50F2N10O6/c1-26-17-36(18-27(2)42(26)51)61-44(58-13-12-57(48(58)64)34-5-6-39-33(20-34)24-52-60(39)35-10-16-66-25-35)41-29(4)56(11-7-38(41)54-61)45(62)40-22-32-19-31(30-8-14-65-15-9-30)21-37(50)43(32)59(40)49(23-28(49)3)46-53-47(63)67-55-46/h5-6,12-13,17-22,24,28-30,35,46,55H,7-11,14-16,23,25H2,1-4H3,(H,53,63)/t28-,29-,35+,46?,49-/m0/s1. The third kappa shape index (κ3) is 6.43. The molecule has 3 saturated heterocycles. The van der Waals surface area contributed by atoms with Crippen LogP contribution in [0.1, 0.15) is 96.0 Å². The highest BCUT2D eigenvalue weighted by Crippen LogP contribution is 2.55. The lowest BCUT2D eigenvalue weighted by atomic mass is 9.91. The van der Waals surface area contributed by atoms with Crippen molar-refractivity contribution in [2.75, 3.05) is 33.0 Å². The van der Waals surface area contributed by atoms with E-state index >= 15 is 13.6 Å². The number of imidazole rings is 1. The molecule has 5 aliphatic rings. The van der Waals surface area contributed by atoms with Crippen LogP contribution < -0.4 is 16.5 Å². The molecule has 2 amide bonds. The molecule has 1 saturated carbocycles.